The van der Waals surface area contributed by atoms with Gasteiger partial charge in [-0.1, -0.05) is 6.92 Å². The van der Waals surface area contributed by atoms with Crippen molar-refractivity contribution in [3.63, 3.8) is 0 Å². The Morgan fingerprint density at radius 3 is 3.06 bits per heavy atom. The molecule has 0 saturated carbocycles. The monoisotopic (exact) mass is 244 g/mol. The van der Waals surface area contributed by atoms with Crippen LogP contribution in [0.1, 0.15) is 30.2 Å². The van der Waals surface area contributed by atoms with Gasteiger partial charge in [0.05, 0.1) is 5.56 Å². The number of aromatic nitrogens is 1. The number of rotatable bonds is 5. The van der Waals surface area contributed by atoms with E-state index in [0.29, 0.717) is 5.56 Å². The van der Waals surface area contributed by atoms with Crippen molar-refractivity contribution in [3.8, 4) is 6.07 Å². The summed E-state index contributed by atoms with van der Waals surface area (Å²) in [6, 6.07) is 4.24. The van der Waals surface area contributed by atoms with Crippen LogP contribution in [0.3, 0.4) is 0 Å². The van der Waals surface area contributed by atoms with Gasteiger partial charge >= 0.3 is 0 Å². The number of likely N-dealkylation sites (N-methyl/N-ethyl adjacent to an activating group) is 1. The molecule has 0 fully saturated rings. The van der Waals surface area contributed by atoms with E-state index in [-0.39, 0.29) is 0 Å². The molecular formula is C14H20N4. The first-order valence-corrected chi connectivity index (χ1v) is 6.60. The summed E-state index contributed by atoms with van der Waals surface area (Å²) >= 11 is 0. The molecule has 96 valence electrons. The van der Waals surface area contributed by atoms with Crippen molar-refractivity contribution in [1.82, 2.24) is 9.88 Å². The normalized spacial score (nSPS) is 13.4. The van der Waals surface area contributed by atoms with E-state index >= 15 is 0 Å². The van der Waals surface area contributed by atoms with Gasteiger partial charge in [-0.3, -0.25) is 0 Å². The Kier molecular flexibility index (Phi) is 4.16. The van der Waals surface area contributed by atoms with E-state index in [2.05, 4.69) is 35.2 Å². The molecule has 0 atom stereocenters. The molecule has 1 heterocycles. The topological polar surface area (TPSA) is 52.0 Å². The highest BCUT2D eigenvalue weighted by Gasteiger charge is 2.16. The molecule has 0 aliphatic heterocycles. The van der Waals surface area contributed by atoms with E-state index in [1.54, 1.807) is 0 Å². The molecule has 0 radical (unpaired) electrons. The van der Waals surface area contributed by atoms with Crippen LogP contribution in [0.15, 0.2) is 6.07 Å². The summed E-state index contributed by atoms with van der Waals surface area (Å²) in [5.41, 5.74) is 3.10. The highest BCUT2D eigenvalue weighted by molar-refractivity contribution is 5.55. The lowest BCUT2D eigenvalue weighted by Gasteiger charge is -2.15. The zero-order chi connectivity index (χ0) is 13.0. The minimum atomic E-state index is 0.676. The molecule has 1 aromatic rings. The van der Waals surface area contributed by atoms with Gasteiger partial charge in [0.1, 0.15) is 11.9 Å². The van der Waals surface area contributed by atoms with Crippen molar-refractivity contribution in [2.45, 2.75) is 26.2 Å². The van der Waals surface area contributed by atoms with Gasteiger partial charge in [-0.15, -0.1) is 0 Å². The molecule has 4 nitrogen and oxygen atoms in total. The van der Waals surface area contributed by atoms with Gasteiger partial charge in [0, 0.05) is 18.8 Å². The standard InChI is InChI=1S/C14H20N4/c1-3-18(2)8-7-16-14-12(10-15)9-11-5-4-6-13(11)17-14/h9H,3-8H2,1-2H3,(H,16,17). The number of nitrogens with zero attached hydrogens (tertiary/aromatic N) is 3. The minimum Gasteiger partial charge on any atom is -0.368 e. The Hall–Kier alpha value is -1.60. The summed E-state index contributed by atoms with van der Waals surface area (Å²) in [4.78, 5) is 6.82. The lowest BCUT2D eigenvalue weighted by atomic mass is 10.1. The quantitative estimate of drug-likeness (QED) is 0.858. The van der Waals surface area contributed by atoms with Crippen LogP contribution in [0, 0.1) is 11.3 Å². The second kappa shape index (κ2) is 5.83. The Morgan fingerprint density at radius 2 is 2.33 bits per heavy atom. The molecule has 18 heavy (non-hydrogen) atoms. The maximum atomic E-state index is 9.16. The summed E-state index contributed by atoms with van der Waals surface area (Å²) in [5, 5.41) is 12.4. The molecule has 0 amide bonds. The molecule has 0 aromatic carbocycles. The van der Waals surface area contributed by atoms with E-state index in [9.17, 15) is 0 Å². The number of nitrogens with one attached hydrogen (secondary N) is 1. The van der Waals surface area contributed by atoms with Crippen molar-refractivity contribution >= 4 is 5.82 Å². The van der Waals surface area contributed by atoms with E-state index < -0.39 is 0 Å². The van der Waals surface area contributed by atoms with Gasteiger partial charge in [0.15, 0.2) is 0 Å². The van der Waals surface area contributed by atoms with Crippen LogP contribution in [0.5, 0.6) is 0 Å². The predicted molar refractivity (Wildman–Crippen MR) is 72.6 cm³/mol. The van der Waals surface area contributed by atoms with Crippen LogP contribution < -0.4 is 5.32 Å². The fraction of sp³-hybridized carbons (Fsp3) is 0.571. The SMILES string of the molecule is CCN(C)CCNc1nc2c(cc1C#N)CCC2. The summed E-state index contributed by atoms with van der Waals surface area (Å²) < 4.78 is 0. The Morgan fingerprint density at radius 1 is 1.50 bits per heavy atom. The van der Waals surface area contributed by atoms with Crippen LogP contribution in [0.25, 0.3) is 0 Å². The molecule has 1 aliphatic rings. The second-order valence-corrected chi connectivity index (χ2v) is 4.78. The van der Waals surface area contributed by atoms with Gasteiger partial charge in [0.25, 0.3) is 0 Å². The fourth-order valence-electron chi connectivity index (χ4n) is 2.22. The molecule has 1 N–H and O–H groups in total. The Labute approximate surface area is 109 Å². The van der Waals surface area contributed by atoms with Crippen molar-refractivity contribution in [1.29, 1.82) is 5.26 Å². The molecule has 0 bridgehead atoms. The molecule has 0 spiro atoms. The number of anilines is 1. The number of aryl methyl sites for hydroxylation is 2. The van der Waals surface area contributed by atoms with E-state index in [4.69, 9.17) is 5.26 Å². The second-order valence-electron chi connectivity index (χ2n) is 4.78. The predicted octanol–water partition coefficient (Wildman–Crippen LogP) is 1.81. The van der Waals surface area contributed by atoms with Gasteiger partial charge in [0.2, 0.25) is 0 Å². The van der Waals surface area contributed by atoms with Gasteiger partial charge in [-0.2, -0.15) is 5.26 Å². The Bertz CT molecular complexity index is 462. The van der Waals surface area contributed by atoms with Crippen molar-refractivity contribution < 1.29 is 0 Å². The maximum absolute atomic E-state index is 9.16. The zero-order valence-corrected chi connectivity index (χ0v) is 11.2. The molecular weight excluding hydrogens is 224 g/mol. The fourth-order valence-corrected chi connectivity index (χ4v) is 2.22. The number of nitriles is 1. The third-order valence-electron chi connectivity index (χ3n) is 3.50. The summed E-state index contributed by atoms with van der Waals surface area (Å²) in [5.74, 6) is 0.752. The summed E-state index contributed by atoms with van der Waals surface area (Å²) in [6.07, 6.45) is 3.27. The van der Waals surface area contributed by atoms with E-state index in [1.165, 1.54) is 11.3 Å². The number of fused-ring (bicyclic) bond motifs is 1. The Balaban J connectivity index is 2.06. The van der Waals surface area contributed by atoms with Gasteiger partial charge in [-0.05, 0) is 44.5 Å². The van der Waals surface area contributed by atoms with Gasteiger partial charge in [-0.25, -0.2) is 4.98 Å². The average molecular weight is 244 g/mol. The molecule has 2 rings (SSSR count). The van der Waals surface area contributed by atoms with Gasteiger partial charge < -0.3 is 10.2 Å². The van der Waals surface area contributed by atoms with Crippen molar-refractivity contribution in [2.75, 3.05) is 32.0 Å². The highest BCUT2D eigenvalue weighted by Crippen LogP contribution is 2.24. The average Bonchev–Trinajstić information content (AvgIpc) is 2.84. The molecule has 1 aliphatic carbocycles. The van der Waals surface area contributed by atoms with Crippen molar-refractivity contribution in [3.05, 3.63) is 22.9 Å². The van der Waals surface area contributed by atoms with Crippen LogP contribution in [0.2, 0.25) is 0 Å². The lowest BCUT2D eigenvalue weighted by Crippen LogP contribution is -2.25. The number of hydrogen-bond acceptors (Lipinski definition) is 4. The molecule has 1 aromatic heterocycles. The van der Waals surface area contributed by atoms with E-state index in [1.807, 2.05) is 6.07 Å². The van der Waals surface area contributed by atoms with E-state index in [0.717, 1.165) is 44.7 Å². The first-order chi connectivity index (χ1) is 8.74. The van der Waals surface area contributed by atoms with Crippen LogP contribution in [0.4, 0.5) is 5.82 Å². The largest absolute Gasteiger partial charge is 0.368 e. The molecule has 4 heteroatoms. The highest BCUT2D eigenvalue weighted by atomic mass is 15.1. The zero-order valence-electron chi connectivity index (χ0n) is 11.2. The third-order valence-corrected chi connectivity index (χ3v) is 3.50. The van der Waals surface area contributed by atoms with Crippen LogP contribution >= 0.6 is 0 Å². The number of pyridine rings is 1. The third kappa shape index (κ3) is 2.80. The first kappa shape index (κ1) is 12.8. The first-order valence-electron chi connectivity index (χ1n) is 6.60. The maximum Gasteiger partial charge on any atom is 0.144 e. The lowest BCUT2D eigenvalue weighted by molar-refractivity contribution is 0.367. The minimum absolute atomic E-state index is 0.676. The van der Waals surface area contributed by atoms with Crippen LogP contribution in [-0.2, 0) is 12.8 Å². The van der Waals surface area contributed by atoms with Crippen LogP contribution in [-0.4, -0.2) is 36.6 Å². The smallest absolute Gasteiger partial charge is 0.144 e. The molecule has 0 unspecified atom stereocenters. The summed E-state index contributed by atoms with van der Waals surface area (Å²) in [6.45, 7) is 4.95. The van der Waals surface area contributed by atoms with Crippen molar-refractivity contribution in [2.24, 2.45) is 0 Å². The number of hydrogen-bond donors (Lipinski definition) is 1. The molecule has 0 saturated heterocycles. The summed E-state index contributed by atoms with van der Waals surface area (Å²) in [7, 11) is 2.09.